The molecule has 0 unspecified atom stereocenters. The van der Waals surface area contributed by atoms with E-state index in [4.69, 9.17) is 9.47 Å². The van der Waals surface area contributed by atoms with E-state index in [2.05, 4.69) is 28.8 Å². The summed E-state index contributed by atoms with van der Waals surface area (Å²) < 4.78 is 11.2. The van der Waals surface area contributed by atoms with E-state index in [1.807, 2.05) is 19.1 Å². The molecule has 2 rings (SSSR count). The van der Waals surface area contributed by atoms with Crippen molar-refractivity contribution in [3.8, 4) is 11.5 Å². The summed E-state index contributed by atoms with van der Waals surface area (Å²) in [5.41, 5.74) is 1.81. The van der Waals surface area contributed by atoms with Crippen LogP contribution in [0.25, 0.3) is 10.9 Å². The van der Waals surface area contributed by atoms with Crippen LogP contribution in [0.1, 0.15) is 12.6 Å². The Balaban J connectivity index is 2.23. The summed E-state index contributed by atoms with van der Waals surface area (Å²) in [6, 6.07) is 3.85. The quantitative estimate of drug-likeness (QED) is 0.809. The van der Waals surface area contributed by atoms with Gasteiger partial charge in [-0.1, -0.05) is 6.92 Å². The second kappa shape index (κ2) is 6.52. The van der Waals surface area contributed by atoms with Crippen molar-refractivity contribution < 1.29 is 9.47 Å². The summed E-state index contributed by atoms with van der Waals surface area (Å²) in [6.45, 7) is 6.58. The van der Waals surface area contributed by atoms with E-state index >= 15 is 0 Å². The molecule has 5 nitrogen and oxygen atoms in total. The summed E-state index contributed by atoms with van der Waals surface area (Å²) >= 11 is 0. The van der Waals surface area contributed by atoms with E-state index in [-0.39, 0.29) is 0 Å². The summed E-state index contributed by atoms with van der Waals surface area (Å²) in [7, 11) is 3.71. The Morgan fingerprint density at radius 2 is 2.00 bits per heavy atom. The maximum atomic E-state index is 5.82. The highest BCUT2D eigenvalue weighted by Gasteiger charge is 2.10. The molecule has 0 saturated carbocycles. The van der Waals surface area contributed by atoms with Gasteiger partial charge in [-0.15, -0.1) is 0 Å². The fourth-order valence-electron chi connectivity index (χ4n) is 1.93. The molecule has 0 aliphatic carbocycles. The predicted molar refractivity (Wildman–Crippen MR) is 79.5 cm³/mol. The van der Waals surface area contributed by atoms with Crippen LogP contribution in [0.3, 0.4) is 0 Å². The van der Waals surface area contributed by atoms with Crippen molar-refractivity contribution >= 4 is 10.9 Å². The number of methoxy groups -OCH3 is 1. The number of ether oxygens (including phenoxy) is 2. The highest BCUT2D eigenvalue weighted by atomic mass is 16.5. The van der Waals surface area contributed by atoms with E-state index in [1.165, 1.54) is 0 Å². The molecule has 0 N–H and O–H groups in total. The number of likely N-dealkylation sites (N-methyl/N-ethyl adjacent to an activating group) is 1. The molecule has 108 valence electrons. The van der Waals surface area contributed by atoms with E-state index in [0.29, 0.717) is 6.61 Å². The SMILES string of the molecule is CCN(C)CCOc1cc2ncnc(C)c2cc1OC. The van der Waals surface area contributed by atoms with Gasteiger partial charge in [-0.3, -0.25) is 0 Å². The number of benzene rings is 1. The van der Waals surface area contributed by atoms with Crippen LogP contribution in [0, 0.1) is 6.92 Å². The molecule has 0 aliphatic heterocycles. The van der Waals surface area contributed by atoms with Gasteiger partial charge in [-0.2, -0.15) is 0 Å². The Morgan fingerprint density at radius 3 is 2.70 bits per heavy atom. The molecule has 2 aromatic rings. The number of aryl methyl sites for hydroxylation is 1. The minimum Gasteiger partial charge on any atom is -0.493 e. The molecule has 1 heterocycles. The third-order valence-electron chi connectivity index (χ3n) is 3.39. The highest BCUT2D eigenvalue weighted by molar-refractivity contribution is 5.84. The zero-order valence-electron chi connectivity index (χ0n) is 12.5. The largest absolute Gasteiger partial charge is 0.493 e. The summed E-state index contributed by atoms with van der Waals surface area (Å²) in [5, 5.41) is 0.988. The third kappa shape index (κ3) is 3.17. The van der Waals surface area contributed by atoms with Crippen molar-refractivity contribution in [3.05, 3.63) is 24.2 Å². The topological polar surface area (TPSA) is 47.5 Å². The average molecular weight is 275 g/mol. The first-order valence-electron chi connectivity index (χ1n) is 6.76. The Hall–Kier alpha value is -1.88. The minimum absolute atomic E-state index is 0.621. The van der Waals surface area contributed by atoms with Crippen molar-refractivity contribution in [2.24, 2.45) is 0 Å². The molecule has 0 amide bonds. The number of hydrogen-bond acceptors (Lipinski definition) is 5. The van der Waals surface area contributed by atoms with Crippen LogP contribution in [-0.4, -0.2) is 48.7 Å². The maximum Gasteiger partial charge on any atom is 0.163 e. The normalized spacial score (nSPS) is 11.1. The van der Waals surface area contributed by atoms with Gasteiger partial charge in [0.05, 0.1) is 12.6 Å². The van der Waals surface area contributed by atoms with E-state index in [1.54, 1.807) is 13.4 Å². The fraction of sp³-hybridized carbons (Fsp3) is 0.467. The second-order valence-corrected chi connectivity index (χ2v) is 4.72. The minimum atomic E-state index is 0.621. The summed E-state index contributed by atoms with van der Waals surface area (Å²) in [5.74, 6) is 1.44. The Bertz CT molecular complexity index is 587. The van der Waals surface area contributed by atoms with Gasteiger partial charge in [0, 0.05) is 23.7 Å². The third-order valence-corrected chi connectivity index (χ3v) is 3.39. The van der Waals surface area contributed by atoms with Gasteiger partial charge in [0.1, 0.15) is 12.9 Å². The van der Waals surface area contributed by atoms with E-state index in [9.17, 15) is 0 Å². The number of rotatable bonds is 6. The smallest absolute Gasteiger partial charge is 0.163 e. The van der Waals surface area contributed by atoms with Gasteiger partial charge in [0.2, 0.25) is 0 Å². The zero-order valence-corrected chi connectivity index (χ0v) is 12.5. The van der Waals surface area contributed by atoms with Crippen LogP contribution in [-0.2, 0) is 0 Å². The molecule has 0 aliphatic rings. The van der Waals surface area contributed by atoms with Gasteiger partial charge < -0.3 is 14.4 Å². The van der Waals surface area contributed by atoms with Gasteiger partial charge in [0.15, 0.2) is 11.5 Å². The lowest BCUT2D eigenvalue weighted by molar-refractivity contribution is 0.236. The molecular formula is C15H21N3O2. The monoisotopic (exact) mass is 275 g/mol. The lowest BCUT2D eigenvalue weighted by Crippen LogP contribution is -2.23. The molecule has 0 bridgehead atoms. The maximum absolute atomic E-state index is 5.82. The standard InChI is InChI=1S/C15H21N3O2/c1-5-18(3)6-7-20-15-9-13-12(8-14(15)19-4)11(2)16-10-17-13/h8-10H,5-7H2,1-4H3. The fourth-order valence-corrected chi connectivity index (χ4v) is 1.93. The number of nitrogens with zero attached hydrogens (tertiary/aromatic N) is 3. The van der Waals surface area contributed by atoms with Crippen LogP contribution in [0.15, 0.2) is 18.5 Å². The van der Waals surface area contributed by atoms with Gasteiger partial charge in [-0.05, 0) is 26.6 Å². The molecule has 5 heteroatoms. The second-order valence-electron chi connectivity index (χ2n) is 4.72. The molecule has 1 aromatic carbocycles. The Kier molecular flexibility index (Phi) is 4.74. The molecule has 0 radical (unpaired) electrons. The zero-order chi connectivity index (χ0) is 14.5. The average Bonchev–Trinajstić information content (AvgIpc) is 2.46. The van der Waals surface area contributed by atoms with Crippen molar-refractivity contribution in [2.45, 2.75) is 13.8 Å². The first-order valence-corrected chi connectivity index (χ1v) is 6.76. The molecule has 0 spiro atoms. The van der Waals surface area contributed by atoms with Crippen LogP contribution in [0.5, 0.6) is 11.5 Å². The van der Waals surface area contributed by atoms with Crippen LogP contribution in [0.2, 0.25) is 0 Å². The molecule has 20 heavy (non-hydrogen) atoms. The molecule has 0 fully saturated rings. The molecule has 1 aromatic heterocycles. The van der Waals surface area contributed by atoms with Crippen LogP contribution in [0.4, 0.5) is 0 Å². The first kappa shape index (κ1) is 14.5. The Morgan fingerprint density at radius 1 is 1.20 bits per heavy atom. The van der Waals surface area contributed by atoms with Crippen molar-refractivity contribution in [3.63, 3.8) is 0 Å². The van der Waals surface area contributed by atoms with Gasteiger partial charge in [-0.25, -0.2) is 9.97 Å². The summed E-state index contributed by atoms with van der Waals surface area (Å²) in [4.78, 5) is 10.7. The van der Waals surface area contributed by atoms with Gasteiger partial charge >= 0.3 is 0 Å². The van der Waals surface area contributed by atoms with E-state index < -0.39 is 0 Å². The van der Waals surface area contributed by atoms with Gasteiger partial charge in [0.25, 0.3) is 0 Å². The number of aromatic nitrogens is 2. The first-order chi connectivity index (χ1) is 9.65. The van der Waals surface area contributed by atoms with Crippen LogP contribution >= 0.6 is 0 Å². The van der Waals surface area contributed by atoms with Crippen molar-refractivity contribution in [1.29, 1.82) is 0 Å². The lowest BCUT2D eigenvalue weighted by atomic mass is 10.2. The van der Waals surface area contributed by atoms with E-state index in [0.717, 1.165) is 41.2 Å². The summed E-state index contributed by atoms with van der Waals surface area (Å²) in [6.07, 6.45) is 1.57. The lowest BCUT2D eigenvalue weighted by Gasteiger charge is -2.16. The highest BCUT2D eigenvalue weighted by Crippen LogP contribution is 2.32. The molecule has 0 atom stereocenters. The predicted octanol–water partition coefficient (Wildman–Crippen LogP) is 2.28. The van der Waals surface area contributed by atoms with Crippen molar-refractivity contribution in [2.75, 3.05) is 33.9 Å². The Labute approximate surface area is 119 Å². The van der Waals surface area contributed by atoms with Crippen LogP contribution < -0.4 is 9.47 Å². The van der Waals surface area contributed by atoms with Crippen molar-refractivity contribution in [1.82, 2.24) is 14.9 Å². The number of hydrogen-bond donors (Lipinski definition) is 0. The molecule has 0 saturated heterocycles. The molecular weight excluding hydrogens is 254 g/mol. The number of fused-ring (bicyclic) bond motifs is 1.